The van der Waals surface area contributed by atoms with Gasteiger partial charge >= 0.3 is 11.9 Å². The summed E-state index contributed by atoms with van der Waals surface area (Å²) in [7, 11) is 0. The zero-order valence-corrected chi connectivity index (χ0v) is 22.6. The van der Waals surface area contributed by atoms with Crippen LogP contribution in [0.2, 0.25) is 0 Å². The molecule has 1 unspecified atom stereocenters. The van der Waals surface area contributed by atoms with Crippen LogP contribution in [0, 0.1) is 5.92 Å². The summed E-state index contributed by atoms with van der Waals surface area (Å²) >= 11 is 0. The van der Waals surface area contributed by atoms with Crippen LogP contribution in [-0.4, -0.2) is 24.6 Å². The standard InChI is InChI=1S/C29H56O4/c1-5-9-10-11-12-13-14-15-16-17-18-19-20-25-32-28(30)23-24-29(31)33-27(8-4)22-21-26(6-2)7-3/h26-27H,5-25H2,1-4H3. The molecule has 0 saturated heterocycles. The summed E-state index contributed by atoms with van der Waals surface area (Å²) in [5.74, 6) is 0.151. The number of ether oxygens (including phenoxy) is 2. The van der Waals surface area contributed by atoms with E-state index in [1.807, 2.05) is 0 Å². The molecule has 0 bridgehead atoms. The molecule has 0 heterocycles. The highest BCUT2D eigenvalue weighted by Crippen LogP contribution is 2.19. The van der Waals surface area contributed by atoms with Gasteiger partial charge in [0, 0.05) is 0 Å². The van der Waals surface area contributed by atoms with E-state index in [0.717, 1.165) is 32.1 Å². The molecule has 0 N–H and O–H groups in total. The van der Waals surface area contributed by atoms with Crippen LogP contribution in [0.15, 0.2) is 0 Å². The third kappa shape index (κ3) is 21.2. The van der Waals surface area contributed by atoms with E-state index in [9.17, 15) is 9.59 Å². The van der Waals surface area contributed by atoms with Crippen molar-refractivity contribution >= 4 is 11.9 Å². The Balaban J connectivity index is 3.56. The Hall–Kier alpha value is -1.06. The third-order valence-corrected chi connectivity index (χ3v) is 6.85. The Kier molecular flexibility index (Phi) is 23.3. The maximum Gasteiger partial charge on any atom is 0.306 e. The van der Waals surface area contributed by atoms with Gasteiger partial charge in [-0.15, -0.1) is 0 Å². The van der Waals surface area contributed by atoms with Crippen molar-refractivity contribution in [2.75, 3.05) is 6.61 Å². The Morgan fingerprint density at radius 2 is 1.06 bits per heavy atom. The molecule has 0 aliphatic rings. The van der Waals surface area contributed by atoms with Gasteiger partial charge in [-0.25, -0.2) is 0 Å². The first-order valence-corrected chi connectivity index (χ1v) is 14.4. The van der Waals surface area contributed by atoms with Crippen molar-refractivity contribution in [3.8, 4) is 0 Å². The van der Waals surface area contributed by atoms with E-state index in [2.05, 4.69) is 27.7 Å². The maximum absolute atomic E-state index is 12.1. The molecule has 4 nitrogen and oxygen atoms in total. The van der Waals surface area contributed by atoms with Crippen molar-refractivity contribution in [2.24, 2.45) is 5.92 Å². The molecule has 0 aliphatic heterocycles. The fraction of sp³-hybridized carbons (Fsp3) is 0.931. The summed E-state index contributed by atoms with van der Waals surface area (Å²) in [6, 6.07) is 0. The highest BCUT2D eigenvalue weighted by atomic mass is 16.5. The van der Waals surface area contributed by atoms with E-state index in [1.54, 1.807) is 0 Å². The number of carbonyl (C=O) groups is 2. The average molecular weight is 469 g/mol. The summed E-state index contributed by atoms with van der Waals surface area (Å²) in [5.41, 5.74) is 0. The molecule has 0 saturated carbocycles. The Morgan fingerprint density at radius 1 is 0.576 bits per heavy atom. The quantitative estimate of drug-likeness (QED) is 0.105. The highest BCUT2D eigenvalue weighted by molar-refractivity contribution is 5.77. The fourth-order valence-corrected chi connectivity index (χ4v) is 4.29. The van der Waals surface area contributed by atoms with E-state index in [0.29, 0.717) is 12.5 Å². The molecule has 0 aromatic rings. The monoisotopic (exact) mass is 468 g/mol. The summed E-state index contributed by atoms with van der Waals surface area (Å²) in [6.07, 6.45) is 22.3. The van der Waals surface area contributed by atoms with E-state index < -0.39 is 0 Å². The molecule has 33 heavy (non-hydrogen) atoms. The van der Waals surface area contributed by atoms with E-state index in [4.69, 9.17) is 9.47 Å². The van der Waals surface area contributed by atoms with Gasteiger partial charge in [0.2, 0.25) is 0 Å². The topological polar surface area (TPSA) is 52.6 Å². The van der Waals surface area contributed by atoms with Crippen LogP contribution in [0.1, 0.15) is 156 Å². The van der Waals surface area contributed by atoms with Gasteiger partial charge in [0.25, 0.3) is 0 Å². The van der Waals surface area contributed by atoms with E-state index in [-0.39, 0.29) is 30.9 Å². The van der Waals surface area contributed by atoms with Crippen LogP contribution in [0.25, 0.3) is 0 Å². The van der Waals surface area contributed by atoms with E-state index >= 15 is 0 Å². The summed E-state index contributed by atoms with van der Waals surface area (Å²) < 4.78 is 10.9. The third-order valence-electron chi connectivity index (χ3n) is 6.85. The molecule has 0 radical (unpaired) electrons. The van der Waals surface area contributed by atoms with Gasteiger partial charge in [0.15, 0.2) is 0 Å². The summed E-state index contributed by atoms with van der Waals surface area (Å²) in [6.45, 7) is 9.21. The van der Waals surface area contributed by atoms with Gasteiger partial charge in [0.05, 0.1) is 19.4 Å². The first-order valence-electron chi connectivity index (χ1n) is 14.4. The molecule has 196 valence electrons. The number of hydrogen-bond donors (Lipinski definition) is 0. The predicted molar refractivity (Wildman–Crippen MR) is 139 cm³/mol. The van der Waals surface area contributed by atoms with Gasteiger partial charge in [-0.1, -0.05) is 118 Å². The molecule has 0 fully saturated rings. The van der Waals surface area contributed by atoms with Gasteiger partial charge in [0.1, 0.15) is 6.10 Å². The summed E-state index contributed by atoms with van der Waals surface area (Å²) in [5, 5.41) is 0. The Bertz CT molecular complexity index is 445. The van der Waals surface area contributed by atoms with Gasteiger partial charge < -0.3 is 9.47 Å². The average Bonchev–Trinajstić information content (AvgIpc) is 2.82. The Morgan fingerprint density at radius 3 is 1.55 bits per heavy atom. The normalized spacial score (nSPS) is 12.2. The number of hydrogen-bond acceptors (Lipinski definition) is 4. The molecule has 0 aromatic carbocycles. The lowest BCUT2D eigenvalue weighted by atomic mass is 9.95. The second-order valence-corrected chi connectivity index (χ2v) is 9.74. The first-order chi connectivity index (χ1) is 16.1. The smallest absolute Gasteiger partial charge is 0.306 e. The van der Waals surface area contributed by atoms with Crippen LogP contribution in [0.5, 0.6) is 0 Å². The van der Waals surface area contributed by atoms with Crippen LogP contribution in [0.3, 0.4) is 0 Å². The van der Waals surface area contributed by atoms with Crippen LogP contribution in [0.4, 0.5) is 0 Å². The minimum Gasteiger partial charge on any atom is -0.466 e. The number of esters is 2. The second-order valence-electron chi connectivity index (χ2n) is 9.74. The lowest BCUT2D eigenvalue weighted by Gasteiger charge is -2.19. The fourth-order valence-electron chi connectivity index (χ4n) is 4.29. The number of rotatable bonds is 24. The Labute approximate surface area is 206 Å². The lowest BCUT2D eigenvalue weighted by Crippen LogP contribution is -2.19. The molecule has 1 atom stereocenters. The number of unbranched alkanes of at least 4 members (excludes halogenated alkanes) is 12. The zero-order chi connectivity index (χ0) is 24.6. The molecule has 0 spiro atoms. The molecular weight excluding hydrogens is 412 g/mol. The highest BCUT2D eigenvalue weighted by Gasteiger charge is 2.16. The van der Waals surface area contributed by atoms with Gasteiger partial charge in [-0.3, -0.25) is 9.59 Å². The minimum absolute atomic E-state index is 0.0279. The van der Waals surface area contributed by atoms with Crippen molar-refractivity contribution in [3.63, 3.8) is 0 Å². The van der Waals surface area contributed by atoms with E-state index in [1.165, 1.54) is 83.5 Å². The van der Waals surface area contributed by atoms with Crippen molar-refractivity contribution in [3.05, 3.63) is 0 Å². The van der Waals surface area contributed by atoms with Crippen LogP contribution < -0.4 is 0 Å². The predicted octanol–water partition coefficient (Wildman–Crippen LogP) is 8.94. The van der Waals surface area contributed by atoms with Gasteiger partial charge in [-0.05, 0) is 31.6 Å². The second kappa shape index (κ2) is 24.1. The SMILES string of the molecule is CCCCCCCCCCCCCCCOC(=O)CCC(=O)OC(CC)CCC(CC)CC. The molecule has 0 rings (SSSR count). The zero-order valence-electron chi connectivity index (χ0n) is 22.6. The van der Waals surface area contributed by atoms with Crippen molar-refractivity contribution in [1.29, 1.82) is 0 Å². The van der Waals surface area contributed by atoms with Crippen LogP contribution >= 0.6 is 0 Å². The van der Waals surface area contributed by atoms with Crippen LogP contribution in [-0.2, 0) is 19.1 Å². The molecule has 0 aromatic heterocycles. The molecular formula is C29H56O4. The van der Waals surface area contributed by atoms with Crippen molar-refractivity contribution in [2.45, 2.75) is 162 Å². The maximum atomic E-state index is 12.1. The molecule has 4 heteroatoms. The lowest BCUT2D eigenvalue weighted by molar-refractivity contribution is -0.154. The minimum atomic E-state index is -0.282. The van der Waals surface area contributed by atoms with Crippen molar-refractivity contribution in [1.82, 2.24) is 0 Å². The largest absolute Gasteiger partial charge is 0.466 e. The molecule has 0 aliphatic carbocycles. The van der Waals surface area contributed by atoms with Crippen molar-refractivity contribution < 1.29 is 19.1 Å². The first kappa shape index (κ1) is 31.9. The summed E-state index contributed by atoms with van der Waals surface area (Å²) in [4.78, 5) is 24.0. The van der Waals surface area contributed by atoms with Gasteiger partial charge in [-0.2, -0.15) is 0 Å². The number of carbonyl (C=O) groups excluding carboxylic acids is 2. The molecule has 0 amide bonds.